The second kappa shape index (κ2) is 8.05. The molecule has 3 unspecified atom stereocenters. The van der Waals surface area contributed by atoms with Crippen LogP contribution in [0.3, 0.4) is 0 Å². The van der Waals surface area contributed by atoms with Crippen LogP contribution < -0.4 is 9.47 Å². The summed E-state index contributed by atoms with van der Waals surface area (Å²) in [6, 6.07) is 6.04. The highest BCUT2D eigenvalue weighted by atomic mass is 16.7. The van der Waals surface area contributed by atoms with Gasteiger partial charge in [-0.1, -0.05) is 32.9 Å². The minimum Gasteiger partial charge on any atom is -0.454 e. The number of nitrogens with zero attached hydrogens (tertiary/aromatic N) is 1. The van der Waals surface area contributed by atoms with E-state index in [1.54, 1.807) is 0 Å². The number of hydrogen-bond acceptors (Lipinski definition) is 5. The van der Waals surface area contributed by atoms with E-state index >= 15 is 0 Å². The molecular weight excluding hydrogens is 354 g/mol. The second-order valence-electron chi connectivity index (χ2n) is 9.01. The van der Waals surface area contributed by atoms with Gasteiger partial charge in [0.25, 0.3) is 0 Å². The van der Waals surface area contributed by atoms with Gasteiger partial charge in [0.2, 0.25) is 6.79 Å². The molecular formula is C23H33NO4. The molecule has 5 rings (SSSR count). The summed E-state index contributed by atoms with van der Waals surface area (Å²) in [5.74, 6) is 3.13. The van der Waals surface area contributed by atoms with Crippen LogP contribution >= 0.6 is 0 Å². The van der Waals surface area contributed by atoms with Crippen LogP contribution in [0.5, 0.6) is 11.5 Å². The molecule has 0 saturated heterocycles. The number of benzene rings is 1. The van der Waals surface area contributed by atoms with Gasteiger partial charge < -0.3 is 19.3 Å². The molecule has 0 aromatic heterocycles. The molecule has 0 amide bonds. The van der Waals surface area contributed by atoms with Crippen molar-refractivity contribution in [3.8, 4) is 11.5 Å². The van der Waals surface area contributed by atoms with Crippen molar-refractivity contribution < 1.29 is 19.3 Å². The van der Waals surface area contributed by atoms with Crippen molar-refractivity contribution in [1.82, 2.24) is 4.90 Å². The lowest BCUT2D eigenvalue weighted by molar-refractivity contribution is -0.0262. The summed E-state index contributed by atoms with van der Waals surface area (Å²) >= 11 is 0. The number of rotatable bonds is 9. The van der Waals surface area contributed by atoms with Crippen molar-refractivity contribution in [2.45, 2.75) is 46.3 Å². The largest absolute Gasteiger partial charge is 0.454 e. The molecule has 1 heterocycles. The molecule has 1 aliphatic heterocycles. The number of likely N-dealkylation sites (N-methyl/N-ethyl adjacent to an activating group) is 1. The average Bonchev–Trinajstić information content (AvgIpc) is 3.15. The zero-order valence-electron chi connectivity index (χ0n) is 17.3. The first-order valence-corrected chi connectivity index (χ1v) is 10.5. The fraction of sp³-hybridized carbons (Fsp3) is 0.652. The molecule has 4 aliphatic rings. The van der Waals surface area contributed by atoms with E-state index in [2.05, 4.69) is 37.8 Å². The third-order valence-electron chi connectivity index (χ3n) is 6.92. The first kappa shape index (κ1) is 19.7. The van der Waals surface area contributed by atoms with E-state index < -0.39 is 6.10 Å². The predicted octanol–water partition coefficient (Wildman–Crippen LogP) is 3.61. The fourth-order valence-electron chi connectivity index (χ4n) is 4.91. The Morgan fingerprint density at radius 3 is 2.86 bits per heavy atom. The summed E-state index contributed by atoms with van der Waals surface area (Å²) in [5.41, 5.74) is 3.02. The van der Waals surface area contributed by atoms with Crippen molar-refractivity contribution in [3.63, 3.8) is 0 Å². The summed E-state index contributed by atoms with van der Waals surface area (Å²) < 4.78 is 16.7. The van der Waals surface area contributed by atoms with Crippen molar-refractivity contribution in [1.29, 1.82) is 0 Å². The lowest BCUT2D eigenvalue weighted by atomic mass is 9.49. The summed E-state index contributed by atoms with van der Waals surface area (Å²) in [6.07, 6.45) is 4.38. The third kappa shape index (κ3) is 3.93. The molecule has 0 spiro atoms. The van der Waals surface area contributed by atoms with Gasteiger partial charge in [0.1, 0.15) is 0 Å². The molecule has 5 nitrogen and oxygen atoms in total. The maximum atomic E-state index is 10.5. The highest BCUT2D eigenvalue weighted by Crippen LogP contribution is 2.59. The Balaban J connectivity index is 1.22. The van der Waals surface area contributed by atoms with Gasteiger partial charge in [0.15, 0.2) is 11.5 Å². The summed E-state index contributed by atoms with van der Waals surface area (Å²) in [4.78, 5) is 2.23. The number of ether oxygens (including phenoxy) is 3. The SMILES string of the molecule is CCN(Cc1ccc2c(c1)OCO2)CC(O)COCC1=CCC2CC1C2(C)C. The van der Waals surface area contributed by atoms with E-state index in [0.717, 1.165) is 36.1 Å². The van der Waals surface area contributed by atoms with Crippen LogP contribution in [0.4, 0.5) is 0 Å². The normalized spacial score (nSPS) is 25.4. The number of hydrogen-bond donors (Lipinski definition) is 1. The minimum atomic E-state index is -0.486. The molecule has 1 saturated carbocycles. The number of fused-ring (bicyclic) bond motifs is 2. The van der Waals surface area contributed by atoms with Gasteiger partial charge in [-0.25, -0.2) is 0 Å². The first-order chi connectivity index (χ1) is 13.5. The quantitative estimate of drug-likeness (QED) is 0.656. The van der Waals surface area contributed by atoms with Crippen LogP contribution in [0.25, 0.3) is 0 Å². The van der Waals surface area contributed by atoms with Crippen molar-refractivity contribution >= 4 is 0 Å². The van der Waals surface area contributed by atoms with Crippen LogP contribution in [0.15, 0.2) is 29.8 Å². The van der Waals surface area contributed by atoms with Gasteiger partial charge in [-0.3, -0.25) is 4.90 Å². The average molecular weight is 388 g/mol. The second-order valence-corrected chi connectivity index (χ2v) is 9.01. The Morgan fingerprint density at radius 1 is 1.29 bits per heavy atom. The van der Waals surface area contributed by atoms with Crippen LogP contribution in [-0.2, 0) is 11.3 Å². The van der Waals surface area contributed by atoms with Crippen LogP contribution in [-0.4, -0.2) is 49.2 Å². The van der Waals surface area contributed by atoms with Gasteiger partial charge in [0, 0.05) is 13.1 Å². The highest BCUT2D eigenvalue weighted by molar-refractivity contribution is 5.44. The Bertz CT molecular complexity index is 729. The maximum Gasteiger partial charge on any atom is 0.231 e. The van der Waals surface area contributed by atoms with Crippen LogP contribution in [0.2, 0.25) is 0 Å². The molecule has 2 bridgehead atoms. The van der Waals surface area contributed by atoms with Gasteiger partial charge in [-0.15, -0.1) is 0 Å². The Kier molecular flexibility index (Phi) is 5.68. The number of aliphatic hydroxyl groups is 1. The Morgan fingerprint density at radius 2 is 2.11 bits per heavy atom. The predicted molar refractivity (Wildman–Crippen MR) is 108 cm³/mol. The maximum absolute atomic E-state index is 10.5. The smallest absolute Gasteiger partial charge is 0.231 e. The van der Waals surface area contributed by atoms with E-state index in [0.29, 0.717) is 37.9 Å². The molecule has 1 aromatic rings. The van der Waals surface area contributed by atoms with E-state index in [1.165, 1.54) is 18.4 Å². The highest BCUT2D eigenvalue weighted by Gasteiger charge is 2.50. The van der Waals surface area contributed by atoms with Gasteiger partial charge in [-0.05, 0) is 59.9 Å². The summed E-state index contributed by atoms with van der Waals surface area (Å²) in [7, 11) is 0. The van der Waals surface area contributed by atoms with E-state index in [4.69, 9.17) is 14.2 Å². The van der Waals surface area contributed by atoms with Gasteiger partial charge in [0.05, 0.1) is 19.3 Å². The van der Waals surface area contributed by atoms with Crippen molar-refractivity contribution in [2.24, 2.45) is 17.3 Å². The third-order valence-corrected chi connectivity index (χ3v) is 6.92. The van der Waals surface area contributed by atoms with E-state index in [-0.39, 0.29) is 0 Å². The number of allylic oxidation sites excluding steroid dienone is 1. The first-order valence-electron chi connectivity index (χ1n) is 10.5. The Labute approximate surface area is 168 Å². The fourth-order valence-corrected chi connectivity index (χ4v) is 4.91. The summed E-state index contributed by atoms with van der Waals surface area (Å²) in [6.45, 7) is 10.4. The Hall–Kier alpha value is -1.56. The minimum absolute atomic E-state index is 0.293. The van der Waals surface area contributed by atoms with E-state index in [9.17, 15) is 5.11 Å². The van der Waals surface area contributed by atoms with Crippen molar-refractivity contribution in [3.05, 3.63) is 35.4 Å². The standard InChI is InChI=1S/C23H33NO4/c1-4-24(11-16-5-8-21-22(9-16)28-15-27-21)12-19(25)14-26-13-17-6-7-18-10-20(17)23(18,2)3/h5-6,8-9,18-20,25H,4,7,10-15H2,1-3H3. The molecule has 1 fully saturated rings. The lowest BCUT2D eigenvalue weighted by Gasteiger charge is -2.56. The molecule has 3 atom stereocenters. The molecule has 3 aliphatic carbocycles. The molecule has 5 heteroatoms. The molecule has 28 heavy (non-hydrogen) atoms. The van der Waals surface area contributed by atoms with Gasteiger partial charge >= 0.3 is 0 Å². The van der Waals surface area contributed by atoms with Crippen LogP contribution in [0, 0.1) is 17.3 Å². The molecule has 1 N–H and O–H groups in total. The molecule has 0 radical (unpaired) electrons. The zero-order valence-corrected chi connectivity index (χ0v) is 17.3. The molecule has 1 aromatic carbocycles. The van der Waals surface area contributed by atoms with E-state index in [1.807, 2.05) is 12.1 Å². The van der Waals surface area contributed by atoms with Crippen LogP contribution in [0.1, 0.15) is 39.2 Å². The topological polar surface area (TPSA) is 51.2 Å². The summed E-state index contributed by atoms with van der Waals surface area (Å²) in [5, 5.41) is 10.5. The number of aliphatic hydroxyl groups excluding tert-OH is 1. The zero-order chi connectivity index (χ0) is 19.7. The van der Waals surface area contributed by atoms with Gasteiger partial charge in [-0.2, -0.15) is 0 Å². The monoisotopic (exact) mass is 387 g/mol. The molecule has 154 valence electrons. The lowest BCUT2D eigenvalue weighted by Crippen LogP contribution is -2.48. The van der Waals surface area contributed by atoms with Crippen molar-refractivity contribution in [2.75, 3.05) is 33.1 Å².